The maximum Gasteiger partial charge on any atom is 0.408 e. The lowest BCUT2D eigenvalue weighted by Gasteiger charge is -2.37. The molecule has 10 nitrogen and oxygen atoms in total. The van der Waals surface area contributed by atoms with Gasteiger partial charge in [-0.25, -0.2) is 13.6 Å². The number of ether oxygens (including phenoxy) is 3. The average Bonchev–Trinajstić information content (AvgIpc) is 3.58. The Bertz CT molecular complexity index is 1440. The molecule has 0 radical (unpaired) electrons. The van der Waals surface area contributed by atoms with Crippen LogP contribution in [-0.4, -0.2) is 77.1 Å². The monoisotopic (exact) mass is 657 g/mol. The lowest BCUT2D eigenvalue weighted by molar-refractivity contribution is -0.147. The predicted octanol–water partition coefficient (Wildman–Crippen LogP) is 5.23. The topological polar surface area (TPSA) is 114 Å². The largest absolute Gasteiger partial charge is 0.493 e. The number of amides is 3. The molecule has 2 aliphatic heterocycles. The zero-order valence-corrected chi connectivity index (χ0v) is 27.9. The van der Waals surface area contributed by atoms with Gasteiger partial charge in [-0.15, -0.1) is 0 Å². The fraction of sp³-hybridized carbons (Fsp3) is 0.543. The Kier molecular flexibility index (Phi) is 11.1. The summed E-state index contributed by atoms with van der Waals surface area (Å²) in [6.45, 7) is 11.4. The number of hydrogen-bond donors (Lipinski definition) is 1. The molecule has 2 aliphatic rings. The van der Waals surface area contributed by atoms with E-state index in [0.29, 0.717) is 13.0 Å². The second kappa shape index (κ2) is 14.7. The molecule has 4 atom stereocenters. The zero-order valence-electron chi connectivity index (χ0n) is 27.9. The smallest absolute Gasteiger partial charge is 0.408 e. The van der Waals surface area contributed by atoms with E-state index in [2.05, 4.69) is 5.32 Å². The van der Waals surface area contributed by atoms with E-state index < -0.39 is 52.7 Å². The van der Waals surface area contributed by atoms with Crippen molar-refractivity contribution in [3.63, 3.8) is 0 Å². The first-order valence-electron chi connectivity index (χ1n) is 15.9. The van der Waals surface area contributed by atoms with E-state index in [1.165, 1.54) is 6.07 Å². The number of halogens is 2. The van der Waals surface area contributed by atoms with Crippen LogP contribution in [-0.2, 0) is 30.5 Å². The number of benzene rings is 2. The lowest BCUT2D eigenvalue weighted by atomic mass is 9.85. The molecule has 2 saturated heterocycles. The van der Waals surface area contributed by atoms with Gasteiger partial charge in [-0.1, -0.05) is 51.1 Å². The number of nitrogens with zero attached hydrogens (tertiary/aromatic N) is 2. The number of carbonyl (C=O) groups is 4. The molecule has 2 aromatic rings. The van der Waals surface area contributed by atoms with Crippen LogP contribution in [0.4, 0.5) is 13.6 Å². The SMILES string of the molecule is CC(C)(C)OC(=O)N[C@H](C(=O)N1CC[C@@H]2[C@H]1[C@@H](COc1ccc(F)c(F)c1)CN2C(=O)CCC(=O)OCc1ccccc1)C(C)(C)C. The van der Waals surface area contributed by atoms with Crippen LogP contribution in [0.2, 0.25) is 0 Å². The number of carbonyl (C=O) groups excluding carboxylic acids is 4. The molecular formula is C35H45F2N3O7. The van der Waals surface area contributed by atoms with Gasteiger partial charge in [-0.05, 0) is 50.3 Å². The summed E-state index contributed by atoms with van der Waals surface area (Å²) in [7, 11) is 0. The van der Waals surface area contributed by atoms with Gasteiger partial charge in [0.05, 0.1) is 25.1 Å². The summed E-state index contributed by atoms with van der Waals surface area (Å²) >= 11 is 0. The van der Waals surface area contributed by atoms with E-state index in [1.807, 2.05) is 51.1 Å². The molecule has 0 spiro atoms. The first-order chi connectivity index (χ1) is 22.0. The number of fused-ring (bicyclic) bond motifs is 1. The van der Waals surface area contributed by atoms with Crippen LogP contribution >= 0.6 is 0 Å². The van der Waals surface area contributed by atoms with Crippen molar-refractivity contribution in [3.8, 4) is 5.75 Å². The average molecular weight is 658 g/mol. The minimum absolute atomic E-state index is 0.0125. The van der Waals surface area contributed by atoms with Crippen LogP contribution in [0.5, 0.6) is 5.75 Å². The highest BCUT2D eigenvalue weighted by Crippen LogP contribution is 2.38. The van der Waals surface area contributed by atoms with Crippen molar-refractivity contribution >= 4 is 23.9 Å². The second-order valence-electron chi connectivity index (χ2n) is 14.2. The van der Waals surface area contributed by atoms with Gasteiger partial charge in [-0.3, -0.25) is 14.4 Å². The summed E-state index contributed by atoms with van der Waals surface area (Å²) in [4.78, 5) is 56.3. The van der Waals surface area contributed by atoms with Gasteiger partial charge in [0.1, 0.15) is 24.0 Å². The normalized spacial score (nSPS) is 20.0. The minimum atomic E-state index is -1.05. The number of alkyl carbamates (subject to hydrolysis) is 1. The van der Waals surface area contributed by atoms with Crippen LogP contribution in [0, 0.1) is 23.0 Å². The zero-order chi connectivity index (χ0) is 34.5. The molecule has 12 heteroatoms. The van der Waals surface area contributed by atoms with Crippen molar-refractivity contribution in [3.05, 3.63) is 65.7 Å². The van der Waals surface area contributed by atoms with Crippen molar-refractivity contribution in [1.82, 2.24) is 15.1 Å². The molecule has 0 aliphatic carbocycles. The maximum absolute atomic E-state index is 14.2. The number of rotatable bonds is 10. The predicted molar refractivity (Wildman–Crippen MR) is 169 cm³/mol. The van der Waals surface area contributed by atoms with Crippen molar-refractivity contribution in [1.29, 1.82) is 0 Å². The summed E-state index contributed by atoms with van der Waals surface area (Å²) in [6.07, 6.45) is -0.427. The molecule has 0 saturated carbocycles. The van der Waals surface area contributed by atoms with Crippen molar-refractivity contribution in [2.45, 2.75) is 91.1 Å². The molecule has 2 aromatic carbocycles. The Morgan fingerprint density at radius 2 is 1.64 bits per heavy atom. The molecule has 2 fully saturated rings. The van der Waals surface area contributed by atoms with Crippen molar-refractivity contribution in [2.24, 2.45) is 11.3 Å². The molecule has 0 unspecified atom stereocenters. The van der Waals surface area contributed by atoms with E-state index in [1.54, 1.807) is 30.6 Å². The highest BCUT2D eigenvalue weighted by atomic mass is 19.2. The first-order valence-corrected chi connectivity index (χ1v) is 15.9. The number of esters is 1. The summed E-state index contributed by atoms with van der Waals surface area (Å²) in [5.74, 6) is -3.43. The molecule has 256 valence electrons. The molecule has 3 amide bonds. The third-order valence-corrected chi connectivity index (χ3v) is 8.25. The fourth-order valence-corrected chi connectivity index (χ4v) is 6.07. The highest BCUT2D eigenvalue weighted by Gasteiger charge is 2.53. The van der Waals surface area contributed by atoms with E-state index >= 15 is 0 Å². The van der Waals surface area contributed by atoms with Gasteiger partial charge >= 0.3 is 12.1 Å². The molecule has 0 aromatic heterocycles. The quantitative estimate of drug-likeness (QED) is 0.348. The van der Waals surface area contributed by atoms with Crippen molar-refractivity contribution < 1.29 is 42.2 Å². The number of hydrogen-bond acceptors (Lipinski definition) is 7. The summed E-state index contributed by atoms with van der Waals surface area (Å²) in [6, 6.07) is 10.7. The van der Waals surface area contributed by atoms with Gasteiger partial charge in [0.2, 0.25) is 11.8 Å². The molecule has 2 heterocycles. The summed E-state index contributed by atoms with van der Waals surface area (Å²) in [5.41, 5.74) is -0.613. The second-order valence-corrected chi connectivity index (χ2v) is 14.2. The van der Waals surface area contributed by atoms with E-state index in [4.69, 9.17) is 14.2 Å². The first kappa shape index (κ1) is 35.6. The summed E-state index contributed by atoms with van der Waals surface area (Å²) < 4.78 is 44.1. The van der Waals surface area contributed by atoms with Crippen LogP contribution < -0.4 is 10.1 Å². The van der Waals surface area contributed by atoms with Crippen LogP contribution in [0.25, 0.3) is 0 Å². The molecule has 0 bridgehead atoms. The lowest BCUT2D eigenvalue weighted by Crippen LogP contribution is -2.57. The molecular weight excluding hydrogens is 612 g/mol. The van der Waals surface area contributed by atoms with Crippen LogP contribution in [0.15, 0.2) is 48.5 Å². The Labute approximate surface area is 274 Å². The van der Waals surface area contributed by atoms with Crippen LogP contribution in [0.3, 0.4) is 0 Å². The highest BCUT2D eigenvalue weighted by molar-refractivity contribution is 5.88. The third-order valence-electron chi connectivity index (χ3n) is 8.25. The Hall–Kier alpha value is -4.22. The maximum atomic E-state index is 14.2. The molecule has 1 N–H and O–H groups in total. The van der Waals surface area contributed by atoms with Gasteiger partial charge < -0.3 is 29.3 Å². The number of nitrogens with one attached hydrogen (secondary N) is 1. The Morgan fingerprint density at radius 3 is 2.28 bits per heavy atom. The van der Waals surface area contributed by atoms with Crippen LogP contribution in [0.1, 0.15) is 66.4 Å². The minimum Gasteiger partial charge on any atom is -0.493 e. The Balaban J connectivity index is 1.50. The Morgan fingerprint density at radius 1 is 0.936 bits per heavy atom. The van der Waals surface area contributed by atoms with Crippen molar-refractivity contribution in [2.75, 3.05) is 19.7 Å². The van der Waals surface area contributed by atoms with Gasteiger partial charge in [0, 0.05) is 31.5 Å². The van der Waals surface area contributed by atoms with Gasteiger partial charge in [-0.2, -0.15) is 0 Å². The van der Waals surface area contributed by atoms with E-state index in [9.17, 15) is 28.0 Å². The molecule has 47 heavy (non-hydrogen) atoms. The van der Waals surface area contributed by atoms with E-state index in [0.717, 1.165) is 17.7 Å². The third kappa shape index (κ3) is 9.42. The summed E-state index contributed by atoms with van der Waals surface area (Å²) in [5, 5.41) is 2.75. The molecule has 4 rings (SSSR count). The van der Waals surface area contributed by atoms with Gasteiger partial charge in [0.25, 0.3) is 0 Å². The van der Waals surface area contributed by atoms with Gasteiger partial charge in [0.15, 0.2) is 11.6 Å². The van der Waals surface area contributed by atoms with E-state index in [-0.39, 0.29) is 56.2 Å². The fourth-order valence-electron chi connectivity index (χ4n) is 6.07. The number of likely N-dealkylation sites (tertiary alicyclic amines) is 2. The standard InChI is InChI=1S/C35H45F2N3O7/c1-34(2,3)31(38-33(44)47-35(4,5)6)32(43)39-17-16-27-30(39)23(21-45-24-12-13-25(36)26(37)18-24)19-40(27)28(41)14-15-29(42)46-20-22-10-8-7-9-11-22/h7-13,18,23,27,30-31H,14-17,19-21H2,1-6H3,(H,38,44)/t23-,27-,30-,31-/m1/s1.